The maximum Gasteiger partial charge on any atom is 0.330 e. The van der Waals surface area contributed by atoms with E-state index in [1.54, 1.807) is 14.2 Å². The Morgan fingerprint density at radius 3 is 2.70 bits per heavy atom. The molecule has 0 saturated carbocycles. The molecule has 0 aliphatic heterocycles. The molecule has 1 rings (SSSR count). The van der Waals surface area contributed by atoms with Crippen molar-refractivity contribution in [1.29, 1.82) is 0 Å². The minimum Gasteiger partial charge on any atom is -0.383 e. The maximum absolute atomic E-state index is 11.8. The van der Waals surface area contributed by atoms with E-state index >= 15 is 0 Å². The number of amides is 1. The topological polar surface area (TPSA) is 94.4 Å². The van der Waals surface area contributed by atoms with Gasteiger partial charge >= 0.3 is 5.69 Å². The third-order valence-corrected chi connectivity index (χ3v) is 2.75. The van der Waals surface area contributed by atoms with Crippen LogP contribution in [0.25, 0.3) is 0 Å². The van der Waals surface area contributed by atoms with Crippen LogP contribution in [0.1, 0.15) is 5.56 Å². The summed E-state index contributed by atoms with van der Waals surface area (Å²) in [6.45, 7) is 1.21. The van der Waals surface area contributed by atoms with E-state index in [0.717, 1.165) is 4.57 Å². The molecule has 0 aliphatic rings. The molecule has 1 amide bonds. The molecule has 1 aromatic rings. The van der Waals surface area contributed by atoms with Crippen LogP contribution in [-0.2, 0) is 30.2 Å². The Bertz CT molecular complexity index is 576. The van der Waals surface area contributed by atoms with E-state index in [1.165, 1.54) is 17.8 Å². The highest BCUT2D eigenvalue weighted by Gasteiger charge is 2.07. The van der Waals surface area contributed by atoms with Gasteiger partial charge in [-0.2, -0.15) is 0 Å². The van der Waals surface area contributed by atoms with Crippen molar-refractivity contribution >= 4 is 5.91 Å². The molecular weight excluding hydrogens is 264 g/mol. The molecule has 0 aliphatic carbocycles. The monoisotopic (exact) mass is 284 g/mol. The van der Waals surface area contributed by atoms with Crippen molar-refractivity contribution in [1.82, 2.24) is 19.8 Å². The van der Waals surface area contributed by atoms with Crippen molar-refractivity contribution in [3.05, 3.63) is 32.6 Å². The summed E-state index contributed by atoms with van der Waals surface area (Å²) in [5.74, 6) is -0.177. The van der Waals surface area contributed by atoms with Gasteiger partial charge in [0.2, 0.25) is 5.91 Å². The van der Waals surface area contributed by atoms with Crippen LogP contribution in [0.4, 0.5) is 0 Å². The number of hydrogen-bond acceptors (Lipinski definition) is 5. The van der Waals surface area contributed by atoms with Crippen molar-refractivity contribution in [3.8, 4) is 0 Å². The highest BCUT2D eigenvalue weighted by molar-refractivity contribution is 5.77. The molecule has 0 fully saturated rings. The minimum atomic E-state index is -0.379. The smallest absolute Gasteiger partial charge is 0.330 e. The van der Waals surface area contributed by atoms with Gasteiger partial charge in [0.15, 0.2) is 0 Å². The Morgan fingerprint density at radius 1 is 1.35 bits per heavy atom. The van der Waals surface area contributed by atoms with E-state index in [9.17, 15) is 14.4 Å². The molecule has 0 aromatic carbocycles. The normalized spacial score (nSPS) is 10.6. The second kappa shape index (κ2) is 7.61. The zero-order chi connectivity index (χ0) is 15.1. The largest absolute Gasteiger partial charge is 0.383 e. The number of methoxy groups -OCH3 is 1. The number of carbonyl (C=O) groups excluding carboxylic acids is 1. The predicted octanol–water partition coefficient (Wildman–Crippen LogP) is -2.06. The minimum absolute atomic E-state index is 0.0930. The summed E-state index contributed by atoms with van der Waals surface area (Å²) in [6.07, 6.45) is 1.47. The SMILES string of the molecule is COCCNC(=O)CNCc1cn(C)c(=O)n(C)c1=O. The molecule has 0 saturated heterocycles. The van der Waals surface area contributed by atoms with Gasteiger partial charge in [-0.3, -0.25) is 14.2 Å². The van der Waals surface area contributed by atoms with Crippen molar-refractivity contribution in [2.75, 3.05) is 26.8 Å². The first kappa shape index (κ1) is 16.1. The number of carbonyl (C=O) groups is 1. The molecule has 8 nitrogen and oxygen atoms in total. The van der Waals surface area contributed by atoms with Gasteiger partial charge in [0, 0.05) is 46.1 Å². The van der Waals surface area contributed by atoms with E-state index in [4.69, 9.17) is 4.74 Å². The van der Waals surface area contributed by atoms with Crippen LogP contribution in [0.2, 0.25) is 0 Å². The third kappa shape index (κ3) is 4.32. The van der Waals surface area contributed by atoms with Gasteiger partial charge < -0.3 is 19.9 Å². The van der Waals surface area contributed by atoms with E-state index in [0.29, 0.717) is 18.7 Å². The van der Waals surface area contributed by atoms with E-state index < -0.39 is 0 Å². The fourth-order valence-corrected chi connectivity index (χ4v) is 1.67. The lowest BCUT2D eigenvalue weighted by atomic mass is 10.3. The summed E-state index contributed by atoms with van der Waals surface area (Å²) >= 11 is 0. The molecule has 0 spiro atoms. The fourth-order valence-electron chi connectivity index (χ4n) is 1.67. The highest BCUT2D eigenvalue weighted by atomic mass is 16.5. The van der Waals surface area contributed by atoms with Crippen LogP contribution in [0, 0.1) is 0 Å². The van der Waals surface area contributed by atoms with Crippen LogP contribution in [0.3, 0.4) is 0 Å². The molecule has 2 N–H and O–H groups in total. The number of hydrogen-bond donors (Lipinski definition) is 2. The standard InChI is InChI=1S/C12H20N4O4/c1-15-8-9(11(18)16(2)12(15)19)6-13-7-10(17)14-4-5-20-3/h8,13H,4-7H2,1-3H3,(H,14,17). The molecule has 8 heteroatoms. The summed E-state index contributed by atoms with van der Waals surface area (Å²) < 4.78 is 7.18. The van der Waals surface area contributed by atoms with Gasteiger partial charge in [-0.1, -0.05) is 0 Å². The molecule has 112 valence electrons. The lowest BCUT2D eigenvalue weighted by molar-refractivity contribution is -0.120. The van der Waals surface area contributed by atoms with Crippen LogP contribution < -0.4 is 21.9 Å². The molecule has 1 aromatic heterocycles. The molecule has 0 atom stereocenters. The van der Waals surface area contributed by atoms with Crippen molar-refractivity contribution in [3.63, 3.8) is 0 Å². The van der Waals surface area contributed by atoms with Gasteiger partial charge in [-0.05, 0) is 0 Å². The Kier molecular flexibility index (Phi) is 6.13. The average Bonchev–Trinajstić information content (AvgIpc) is 2.42. The van der Waals surface area contributed by atoms with Gasteiger partial charge in [0.25, 0.3) is 5.56 Å². The Morgan fingerprint density at radius 2 is 2.05 bits per heavy atom. The maximum atomic E-state index is 11.8. The Labute approximate surface area is 116 Å². The van der Waals surface area contributed by atoms with Gasteiger partial charge in [0.05, 0.1) is 13.2 Å². The summed E-state index contributed by atoms with van der Waals surface area (Å²) in [7, 11) is 4.55. The lowest BCUT2D eigenvalue weighted by Gasteiger charge is -2.08. The molecular formula is C12H20N4O4. The molecule has 0 radical (unpaired) electrons. The summed E-state index contributed by atoms with van der Waals surface area (Å²) in [6, 6.07) is 0. The first-order valence-electron chi connectivity index (χ1n) is 6.19. The van der Waals surface area contributed by atoms with Gasteiger partial charge in [-0.25, -0.2) is 4.79 Å². The van der Waals surface area contributed by atoms with Crippen molar-refractivity contribution < 1.29 is 9.53 Å². The van der Waals surface area contributed by atoms with Crippen molar-refractivity contribution in [2.45, 2.75) is 6.54 Å². The summed E-state index contributed by atoms with van der Waals surface area (Å²) in [4.78, 5) is 34.7. The first-order chi connectivity index (χ1) is 9.47. The zero-order valence-electron chi connectivity index (χ0n) is 11.9. The first-order valence-corrected chi connectivity index (χ1v) is 6.19. The summed E-state index contributed by atoms with van der Waals surface area (Å²) in [5, 5.41) is 5.51. The molecule has 0 unspecified atom stereocenters. The number of nitrogens with one attached hydrogen (secondary N) is 2. The van der Waals surface area contributed by atoms with Crippen LogP contribution in [0.5, 0.6) is 0 Å². The third-order valence-electron chi connectivity index (χ3n) is 2.75. The summed E-state index contributed by atoms with van der Waals surface area (Å²) in [5.41, 5.74) is -0.309. The molecule has 0 bridgehead atoms. The number of ether oxygens (including phenoxy) is 1. The second-order valence-corrected chi connectivity index (χ2v) is 4.36. The van der Waals surface area contributed by atoms with E-state index in [2.05, 4.69) is 10.6 Å². The van der Waals surface area contributed by atoms with E-state index in [1.807, 2.05) is 0 Å². The van der Waals surface area contributed by atoms with Gasteiger partial charge in [-0.15, -0.1) is 0 Å². The Hall–Kier alpha value is -1.93. The number of aryl methyl sites for hydroxylation is 1. The van der Waals surface area contributed by atoms with Crippen molar-refractivity contribution in [2.24, 2.45) is 14.1 Å². The van der Waals surface area contributed by atoms with Crippen LogP contribution in [-0.4, -0.2) is 41.8 Å². The highest BCUT2D eigenvalue weighted by Crippen LogP contribution is 1.86. The number of aromatic nitrogens is 2. The van der Waals surface area contributed by atoms with Crippen LogP contribution in [0.15, 0.2) is 15.8 Å². The molecule has 1 heterocycles. The van der Waals surface area contributed by atoms with Crippen LogP contribution >= 0.6 is 0 Å². The number of rotatable bonds is 7. The second-order valence-electron chi connectivity index (χ2n) is 4.36. The van der Waals surface area contributed by atoms with E-state index in [-0.39, 0.29) is 30.2 Å². The molecule has 20 heavy (non-hydrogen) atoms. The average molecular weight is 284 g/mol. The lowest BCUT2D eigenvalue weighted by Crippen LogP contribution is -2.41. The van der Waals surface area contributed by atoms with Gasteiger partial charge in [0.1, 0.15) is 0 Å². The predicted molar refractivity (Wildman–Crippen MR) is 73.5 cm³/mol. The Balaban J connectivity index is 2.53. The zero-order valence-corrected chi connectivity index (χ0v) is 11.9. The number of nitrogens with zero attached hydrogens (tertiary/aromatic N) is 2. The quantitative estimate of drug-likeness (QED) is 0.561. The fraction of sp³-hybridized carbons (Fsp3) is 0.583.